The fourth-order valence-electron chi connectivity index (χ4n) is 6.22. The molecule has 1 amide bonds. The molecule has 282 valence electrons. The minimum absolute atomic E-state index is 0.0929. The van der Waals surface area contributed by atoms with Crippen LogP contribution in [0.25, 0.3) is 0 Å². The summed E-state index contributed by atoms with van der Waals surface area (Å²) in [7, 11) is 0. The number of aliphatic hydroxyl groups excluding tert-OH is 3. The van der Waals surface area contributed by atoms with Crippen molar-refractivity contribution >= 4 is 5.91 Å². The molecule has 5 heteroatoms. The second kappa shape index (κ2) is 38.4. The number of nitrogens with one attached hydrogen (secondary N) is 1. The van der Waals surface area contributed by atoms with Crippen LogP contribution in [-0.4, -0.2) is 46.1 Å². The van der Waals surface area contributed by atoms with Gasteiger partial charge in [-0.25, -0.2) is 0 Å². The molecule has 0 aliphatic carbocycles. The van der Waals surface area contributed by atoms with Crippen molar-refractivity contribution < 1.29 is 20.1 Å². The molecule has 0 radical (unpaired) electrons. The maximum Gasteiger partial charge on any atom is 0.223 e. The van der Waals surface area contributed by atoms with E-state index in [1.165, 1.54) is 161 Å². The first kappa shape index (κ1) is 46.6. The molecule has 0 bridgehead atoms. The topological polar surface area (TPSA) is 89.8 Å². The van der Waals surface area contributed by atoms with E-state index < -0.39 is 18.2 Å². The average Bonchev–Trinajstić information content (AvgIpc) is 3.08. The van der Waals surface area contributed by atoms with E-state index in [-0.39, 0.29) is 18.9 Å². The van der Waals surface area contributed by atoms with Crippen molar-refractivity contribution in [1.82, 2.24) is 5.32 Å². The van der Waals surface area contributed by atoms with Gasteiger partial charge < -0.3 is 20.6 Å². The van der Waals surface area contributed by atoms with Crippen LogP contribution >= 0.6 is 0 Å². The Kier molecular flexibility index (Phi) is 37.2. The Morgan fingerprint density at radius 2 is 0.917 bits per heavy atom. The van der Waals surface area contributed by atoms with Gasteiger partial charge in [-0.1, -0.05) is 204 Å². The summed E-state index contributed by atoms with van der Waals surface area (Å²) in [6, 6.07) is -0.773. The van der Waals surface area contributed by atoms with Crippen LogP contribution in [0.4, 0.5) is 0 Å². The maximum absolute atomic E-state index is 12.3. The van der Waals surface area contributed by atoms with Gasteiger partial charge in [-0.15, -0.1) is 0 Å². The second-order valence-electron chi connectivity index (χ2n) is 14.2. The van der Waals surface area contributed by atoms with Crippen molar-refractivity contribution in [3.63, 3.8) is 0 Å². The normalized spacial score (nSPS) is 14.0. The number of hydrogen-bond donors (Lipinski definition) is 4. The van der Waals surface area contributed by atoms with E-state index in [9.17, 15) is 20.1 Å². The Morgan fingerprint density at radius 1 is 0.521 bits per heavy atom. The average molecular weight is 676 g/mol. The fraction of sp³-hybridized carbons (Fsp3) is 0.837. The van der Waals surface area contributed by atoms with Gasteiger partial charge >= 0.3 is 0 Å². The van der Waals surface area contributed by atoms with Crippen LogP contribution in [0, 0.1) is 0 Å². The molecule has 0 heterocycles. The van der Waals surface area contributed by atoms with Crippen LogP contribution < -0.4 is 5.32 Å². The van der Waals surface area contributed by atoms with Crippen LogP contribution in [0.5, 0.6) is 0 Å². The zero-order chi connectivity index (χ0) is 35.2. The molecular weight excluding hydrogens is 594 g/mol. The zero-order valence-corrected chi connectivity index (χ0v) is 31.9. The van der Waals surface area contributed by atoms with Gasteiger partial charge in [-0.05, 0) is 32.1 Å². The van der Waals surface area contributed by atoms with Crippen LogP contribution in [0.15, 0.2) is 36.5 Å². The standard InChI is InChI=1S/C43H81NO4/c1-3-5-7-9-11-13-15-16-17-18-19-20-21-22-23-24-25-27-29-31-33-35-37-42(47)41(39-45)44-43(48)38-40(46)36-34-32-30-28-26-14-12-10-8-6-4-2/h28,30,34-37,40-42,45-47H,3-27,29,31-33,38-39H2,1-2H3,(H,44,48)/b30-28-,36-34-,37-35+. The van der Waals surface area contributed by atoms with Crippen LogP contribution in [0.1, 0.15) is 206 Å². The summed E-state index contributed by atoms with van der Waals surface area (Å²) in [5, 5.41) is 32.9. The molecule has 4 N–H and O–H groups in total. The van der Waals surface area contributed by atoms with Crippen molar-refractivity contribution in [2.75, 3.05) is 6.61 Å². The van der Waals surface area contributed by atoms with Gasteiger partial charge in [0.1, 0.15) is 0 Å². The summed E-state index contributed by atoms with van der Waals surface area (Å²) in [6.07, 6.45) is 47.4. The number of hydrogen-bond acceptors (Lipinski definition) is 4. The van der Waals surface area contributed by atoms with E-state index in [2.05, 4.69) is 31.3 Å². The second-order valence-corrected chi connectivity index (χ2v) is 14.2. The Hall–Kier alpha value is -1.43. The van der Waals surface area contributed by atoms with Crippen LogP contribution in [0.2, 0.25) is 0 Å². The summed E-state index contributed by atoms with van der Waals surface area (Å²) in [6.45, 7) is 4.17. The monoisotopic (exact) mass is 676 g/mol. The third-order valence-corrected chi connectivity index (χ3v) is 9.43. The third kappa shape index (κ3) is 34.4. The Labute approximate surface area is 298 Å². The quantitative estimate of drug-likeness (QED) is 0.0390. The Morgan fingerprint density at radius 3 is 1.33 bits per heavy atom. The lowest BCUT2D eigenvalue weighted by atomic mass is 10.0. The van der Waals surface area contributed by atoms with Crippen molar-refractivity contribution in [3.05, 3.63) is 36.5 Å². The molecule has 0 aliphatic rings. The molecule has 0 rings (SSSR count). The molecule has 0 aromatic rings. The Bertz CT molecular complexity index is 749. The lowest BCUT2D eigenvalue weighted by Crippen LogP contribution is -2.45. The minimum Gasteiger partial charge on any atom is -0.394 e. The molecule has 0 aromatic heterocycles. The zero-order valence-electron chi connectivity index (χ0n) is 31.9. The first-order chi connectivity index (χ1) is 23.5. The molecule has 48 heavy (non-hydrogen) atoms. The van der Waals surface area contributed by atoms with Crippen molar-refractivity contribution in [3.8, 4) is 0 Å². The Balaban J connectivity index is 3.71. The van der Waals surface area contributed by atoms with Crippen LogP contribution in [-0.2, 0) is 4.79 Å². The first-order valence-corrected chi connectivity index (χ1v) is 20.8. The van der Waals surface area contributed by atoms with Gasteiger partial charge in [0.05, 0.1) is 31.3 Å². The summed E-state index contributed by atoms with van der Waals surface area (Å²) in [5.41, 5.74) is 0. The number of carbonyl (C=O) groups excluding carboxylic acids is 1. The van der Waals surface area contributed by atoms with Gasteiger partial charge in [-0.3, -0.25) is 4.79 Å². The SMILES string of the molecule is CCCCCCCC/C=C\C/C=C\C(O)CC(=O)NC(CO)C(O)/C=C/CCCCCCCCCCCCCCCCCCCCCC. The predicted octanol–water partition coefficient (Wildman–Crippen LogP) is 11.6. The number of allylic oxidation sites excluding steroid dienone is 4. The minimum atomic E-state index is -0.950. The lowest BCUT2D eigenvalue weighted by molar-refractivity contribution is -0.124. The highest BCUT2D eigenvalue weighted by atomic mass is 16.3. The van der Waals surface area contributed by atoms with Gasteiger partial charge in [-0.2, -0.15) is 0 Å². The molecule has 3 atom stereocenters. The highest BCUT2D eigenvalue weighted by Gasteiger charge is 2.19. The van der Waals surface area contributed by atoms with Gasteiger partial charge in [0.25, 0.3) is 0 Å². The number of unbranched alkanes of at least 4 members (excludes halogenated alkanes) is 26. The molecule has 0 fully saturated rings. The van der Waals surface area contributed by atoms with E-state index in [0.717, 1.165) is 25.7 Å². The van der Waals surface area contributed by atoms with E-state index >= 15 is 0 Å². The summed E-state index contributed by atoms with van der Waals surface area (Å²) in [5.74, 6) is -0.383. The van der Waals surface area contributed by atoms with E-state index in [1.807, 2.05) is 12.2 Å². The molecule has 3 unspecified atom stereocenters. The van der Waals surface area contributed by atoms with Crippen molar-refractivity contribution in [2.45, 2.75) is 225 Å². The van der Waals surface area contributed by atoms with Crippen LogP contribution in [0.3, 0.4) is 0 Å². The predicted molar refractivity (Wildman–Crippen MR) is 208 cm³/mol. The van der Waals surface area contributed by atoms with E-state index in [1.54, 1.807) is 12.2 Å². The van der Waals surface area contributed by atoms with E-state index in [4.69, 9.17) is 0 Å². The number of aliphatic hydroxyl groups is 3. The number of rotatable bonds is 37. The summed E-state index contributed by atoms with van der Waals surface area (Å²) >= 11 is 0. The highest BCUT2D eigenvalue weighted by Crippen LogP contribution is 2.15. The molecule has 0 saturated carbocycles. The summed E-state index contributed by atoms with van der Waals surface area (Å²) in [4.78, 5) is 12.3. The summed E-state index contributed by atoms with van der Waals surface area (Å²) < 4.78 is 0. The van der Waals surface area contributed by atoms with Gasteiger partial charge in [0.15, 0.2) is 0 Å². The number of amides is 1. The maximum atomic E-state index is 12.3. The lowest BCUT2D eigenvalue weighted by Gasteiger charge is -2.20. The smallest absolute Gasteiger partial charge is 0.223 e. The fourth-order valence-corrected chi connectivity index (χ4v) is 6.22. The third-order valence-electron chi connectivity index (χ3n) is 9.43. The highest BCUT2D eigenvalue weighted by molar-refractivity contribution is 5.77. The molecule has 0 aliphatic heterocycles. The van der Waals surface area contributed by atoms with E-state index in [0.29, 0.717) is 0 Å². The van der Waals surface area contributed by atoms with Crippen molar-refractivity contribution in [1.29, 1.82) is 0 Å². The number of carbonyl (C=O) groups is 1. The van der Waals surface area contributed by atoms with Crippen molar-refractivity contribution in [2.24, 2.45) is 0 Å². The van der Waals surface area contributed by atoms with Gasteiger partial charge in [0.2, 0.25) is 5.91 Å². The largest absolute Gasteiger partial charge is 0.394 e. The molecule has 0 saturated heterocycles. The molecule has 5 nitrogen and oxygen atoms in total. The van der Waals surface area contributed by atoms with Gasteiger partial charge in [0, 0.05) is 0 Å². The molecular formula is C43H81NO4. The first-order valence-electron chi connectivity index (χ1n) is 20.8. The molecule has 0 aromatic carbocycles. The molecule has 0 spiro atoms.